The molecule has 0 saturated carbocycles. The molecular weight excluding hydrogens is 336 g/mol. The largest absolute Gasteiger partial charge is 0.495 e. The first kappa shape index (κ1) is 16.9. The Labute approximate surface area is 157 Å². The number of rotatable bonds is 5. The van der Waals surface area contributed by atoms with E-state index in [4.69, 9.17) is 4.74 Å². The standard InChI is InChI=1S/C23H20N2O2/c1-27-22-12-11-17(16-7-3-2-4-8-16)14-21(22)24-15-19-13-18-9-5-6-10-20(18)25-23(19)26/h2-14,24H,15H2,1H3,(H,25,26). The third kappa shape index (κ3) is 3.55. The average Bonchev–Trinajstić information content (AvgIpc) is 2.72. The van der Waals surface area contributed by atoms with E-state index in [1.807, 2.05) is 66.7 Å². The van der Waals surface area contributed by atoms with Crippen LogP contribution in [0.4, 0.5) is 5.69 Å². The molecular formula is C23H20N2O2. The van der Waals surface area contributed by atoms with Crippen molar-refractivity contribution in [1.82, 2.24) is 4.98 Å². The van der Waals surface area contributed by atoms with Crippen molar-refractivity contribution in [2.75, 3.05) is 12.4 Å². The van der Waals surface area contributed by atoms with E-state index >= 15 is 0 Å². The molecule has 0 saturated heterocycles. The molecule has 0 bridgehead atoms. The van der Waals surface area contributed by atoms with Crippen molar-refractivity contribution < 1.29 is 4.74 Å². The van der Waals surface area contributed by atoms with Crippen LogP contribution in [0.15, 0.2) is 83.7 Å². The summed E-state index contributed by atoms with van der Waals surface area (Å²) in [6, 6.07) is 25.9. The number of fused-ring (bicyclic) bond motifs is 1. The van der Waals surface area contributed by atoms with Crippen molar-refractivity contribution in [2.24, 2.45) is 0 Å². The first-order valence-electron chi connectivity index (χ1n) is 8.83. The molecule has 4 heteroatoms. The molecule has 1 heterocycles. The van der Waals surface area contributed by atoms with Crippen LogP contribution >= 0.6 is 0 Å². The van der Waals surface area contributed by atoms with Crippen molar-refractivity contribution in [3.8, 4) is 16.9 Å². The van der Waals surface area contributed by atoms with Crippen LogP contribution in [0.5, 0.6) is 5.75 Å². The Hall–Kier alpha value is -3.53. The quantitative estimate of drug-likeness (QED) is 0.539. The number of ether oxygens (including phenoxy) is 1. The lowest BCUT2D eigenvalue weighted by molar-refractivity contribution is 0.416. The van der Waals surface area contributed by atoms with Crippen LogP contribution in [-0.4, -0.2) is 12.1 Å². The molecule has 0 unspecified atom stereocenters. The highest BCUT2D eigenvalue weighted by Crippen LogP contribution is 2.30. The maximum atomic E-state index is 12.4. The molecule has 0 atom stereocenters. The number of pyridine rings is 1. The summed E-state index contributed by atoms with van der Waals surface area (Å²) in [7, 11) is 1.64. The summed E-state index contributed by atoms with van der Waals surface area (Å²) >= 11 is 0. The van der Waals surface area contributed by atoms with Crippen molar-refractivity contribution in [1.29, 1.82) is 0 Å². The second-order valence-electron chi connectivity index (χ2n) is 6.35. The number of benzene rings is 3. The topological polar surface area (TPSA) is 54.1 Å². The number of nitrogens with one attached hydrogen (secondary N) is 2. The van der Waals surface area contributed by atoms with E-state index in [2.05, 4.69) is 22.4 Å². The van der Waals surface area contributed by atoms with Crippen molar-refractivity contribution in [3.05, 3.63) is 94.8 Å². The van der Waals surface area contributed by atoms with Gasteiger partial charge in [-0.2, -0.15) is 0 Å². The van der Waals surface area contributed by atoms with Crippen molar-refractivity contribution in [3.63, 3.8) is 0 Å². The minimum atomic E-state index is -0.0839. The fourth-order valence-electron chi connectivity index (χ4n) is 3.17. The number of H-pyrrole nitrogens is 1. The molecule has 2 N–H and O–H groups in total. The van der Waals surface area contributed by atoms with Crippen LogP contribution < -0.4 is 15.6 Å². The normalized spacial score (nSPS) is 10.7. The van der Waals surface area contributed by atoms with Gasteiger partial charge in [-0.25, -0.2) is 0 Å². The molecule has 0 fully saturated rings. The second kappa shape index (κ2) is 7.38. The van der Waals surface area contributed by atoms with E-state index in [1.54, 1.807) is 7.11 Å². The summed E-state index contributed by atoms with van der Waals surface area (Å²) in [4.78, 5) is 15.3. The minimum Gasteiger partial charge on any atom is -0.495 e. The average molecular weight is 356 g/mol. The summed E-state index contributed by atoms with van der Waals surface area (Å²) in [5.41, 5.74) is 4.51. The summed E-state index contributed by atoms with van der Waals surface area (Å²) in [5.74, 6) is 0.742. The number of methoxy groups -OCH3 is 1. The zero-order valence-corrected chi connectivity index (χ0v) is 15.0. The highest BCUT2D eigenvalue weighted by Gasteiger charge is 2.08. The lowest BCUT2D eigenvalue weighted by Crippen LogP contribution is -2.15. The van der Waals surface area contributed by atoms with Crippen LogP contribution in [0, 0.1) is 0 Å². The Bertz CT molecular complexity index is 1130. The smallest absolute Gasteiger partial charge is 0.253 e. The van der Waals surface area contributed by atoms with Crippen LogP contribution in [0.2, 0.25) is 0 Å². The van der Waals surface area contributed by atoms with Crippen molar-refractivity contribution in [2.45, 2.75) is 6.54 Å². The molecule has 0 spiro atoms. The molecule has 0 aliphatic heterocycles. The van der Waals surface area contributed by atoms with E-state index < -0.39 is 0 Å². The lowest BCUT2D eigenvalue weighted by atomic mass is 10.0. The Morgan fingerprint density at radius 3 is 2.48 bits per heavy atom. The van der Waals surface area contributed by atoms with E-state index in [9.17, 15) is 4.79 Å². The number of aromatic nitrogens is 1. The molecule has 4 nitrogen and oxygen atoms in total. The van der Waals surface area contributed by atoms with Crippen molar-refractivity contribution >= 4 is 16.6 Å². The number of anilines is 1. The second-order valence-corrected chi connectivity index (χ2v) is 6.35. The zero-order chi connectivity index (χ0) is 18.6. The molecule has 0 aliphatic rings. The molecule has 4 aromatic rings. The fourth-order valence-corrected chi connectivity index (χ4v) is 3.17. The van der Waals surface area contributed by atoms with Gasteiger partial charge in [0, 0.05) is 17.6 Å². The van der Waals surface area contributed by atoms with Gasteiger partial charge in [0.15, 0.2) is 0 Å². The number of aromatic amines is 1. The number of hydrogen-bond donors (Lipinski definition) is 2. The molecule has 0 amide bonds. The fraction of sp³-hybridized carbons (Fsp3) is 0.0870. The first-order chi connectivity index (χ1) is 13.2. The third-order valence-electron chi connectivity index (χ3n) is 4.61. The van der Waals surface area contributed by atoms with E-state index in [1.165, 1.54) is 0 Å². The van der Waals surface area contributed by atoms with Crippen LogP contribution in [-0.2, 0) is 6.54 Å². The van der Waals surface area contributed by atoms with E-state index in [0.717, 1.165) is 33.5 Å². The summed E-state index contributed by atoms with van der Waals surface area (Å²) in [6.07, 6.45) is 0. The van der Waals surface area contributed by atoms with E-state index in [-0.39, 0.29) is 5.56 Å². The summed E-state index contributed by atoms with van der Waals surface area (Å²) in [6.45, 7) is 0.411. The Morgan fingerprint density at radius 1 is 0.889 bits per heavy atom. The number of hydrogen-bond acceptors (Lipinski definition) is 3. The maximum absolute atomic E-state index is 12.4. The first-order valence-corrected chi connectivity index (χ1v) is 8.83. The van der Waals surface area contributed by atoms with Gasteiger partial charge in [0.05, 0.1) is 12.8 Å². The molecule has 0 aliphatic carbocycles. The van der Waals surface area contributed by atoms with E-state index in [0.29, 0.717) is 12.1 Å². The maximum Gasteiger partial charge on any atom is 0.253 e. The predicted molar refractivity (Wildman–Crippen MR) is 110 cm³/mol. The van der Waals surface area contributed by atoms with Gasteiger partial charge in [-0.3, -0.25) is 4.79 Å². The van der Waals surface area contributed by atoms with Crippen LogP contribution in [0.3, 0.4) is 0 Å². The van der Waals surface area contributed by atoms with Gasteiger partial charge < -0.3 is 15.0 Å². The molecule has 27 heavy (non-hydrogen) atoms. The molecule has 3 aromatic carbocycles. The molecule has 1 aromatic heterocycles. The Morgan fingerprint density at radius 2 is 1.67 bits per heavy atom. The van der Waals surface area contributed by atoms with Gasteiger partial charge in [0.1, 0.15) is 5.75 Å². The molecule has 0 radical (unpaired) electrons. The van der Waals surface area contributed by atoms with Gasteiger partial charge in [0.2, 0.25) is 0 Å². The Balaban J connectivity index is 1.64. The van der Waals surface area contributed by atoms with Crippen LogP contribution in [0.25, 0.3) is 22.0 Å². The van der Waals surface area contributed by atoms with Crippen LogP contribution in [0.1, 0.15) is 5.56 Å². The molecule has 134 valence electrons. The Kier molecular flexibility index (Phi) is 4.62. The monoisotopic (exact) mass is 356 g/mol. The predicted octanol–water partition coefficient (Wildman–Crippen LogP) is 4.82. The summed E-state index contributed by atoms with van der Waals surface area (Å²) in [5, 5.41) is 4.36. The highest BCUT2D eigenvalue weighted by atomic mass is 16.5. The van der Waals surface area contributed by atoms with Gasteiger partial charge in [0.25, 0.3) is 5.56 Å². The number of para-hydroxylation sites is 1. The minimum absolute atomic E-state index is 0.0839. The highest BCUT2D eigenvalue weighted by molar-refractivity contribution is 5.79. The molecule has 4 rings (SSSR count). The SMILES string of the molecule is COc1ccc(-c2ccccc2)cc1NCc1cc2ccccc2[nH]c1=O. The van der Waals surface area contributed by atoms with Gasteiger partial charge in [-0.15, -0.1) is 0 Å². The summed E-state index contributed by atoms with van der Waals surface area (Å²) < 4.78 is 5.48. The third-order valence-corrected chi connectivity index (χ3v) is 4.61. The zero-order valence-electron chi connectivity index (χ0n) is 15.0. The van der Waals surface area contributed by atoms with Gasteiger partial charge in [-0.1, -0.05) is 54.6 Å². The van der Waals surface area contributed by atoms with Gasteiger partial charge in [-0.05, 0) is 40.8 Å². The van der Waals surface area contributed by atoms with Gasteiger partial charge >= 0.3 is 0 Å². The lowest BCUT2D eigenvalue weighted by Gasteiger charge is -2.13.